The molecule has 1 amide bonds. The Balaban J connectivity index is 1.44. The molecule has 14 heteroatoms. The molecule has 0 atom stereocenters. The van der Waals surface area contributed by atoms with E-state index in [1.54, 1.807) is 31.9 Å². The van der Waals surface area contributed by atoms with Gasteiger partial charge in [0.2, 0.25) is 5.71 Å². The van der Waals surface area contributed by atoms with Crippen LogP contribution in [0.4, 0.5) is 23.0 Å². The van der Waals surface area contributed by atoms with E-state index in [0.717, 1.165) is 17.1 Å². The number of hydrogen-bond acceptors (Lipinski definition) is 9. The van der Waals surface area contributed by atoms with E-state index >= 15 is 0 Å². The predicted molar refractivity (Wildman–Crippen MR) is 130 cm³/mol. The van der Waals surface area contributed by atoms with Crippen molar-refractivity contribution in [1.29, 1.82) is 0 Å². The van der Waals surface area contributed by atoms with E-state index in [0.29, 0.717) is 31.1 Å². The maximum atomic E-state index is 13.7. The highest BCUT2D eigenvalue weighted by molar-refractivity contribution is 7.20. The number of rotatable bonds is 2. The summed E-state index contributed by atoms with van der Waals surface area (Å²) < 4.78 is 53.1. The Morgan fingerprint density at radius 2 is 1.73 bits per heavy atom. The second-order valence-electron chi connectivity index (χ2n) is 9.60. The first kappa shape index (κ1) is 25.0. The number of halogens is 3. The van der Waals surface area contributed by atoms with Crippen LogP contribution in [0.15, 0.2) is 27.5 Å². The molecule has 1 fully saturated rings. The molecule has 0 saturated carbocycles. The minimum absolute atomic E-state index is 0.00500. The van der Waals surface area contributed by atoms with Crippen LogP contribution < -0.4 is 10.5 Å². The SMILES string of the molecule is Cc1nc2c(C(F)(F)F)cc(-c3cc(=O)n4cc(N5CCN(C(=O)OC(C)(C)C)CC5)sc4n3)nc2o1. The number of alkyl halides is 3. The Morgan fingerprint density at radius 1 is 1.05 bits per heavy atom. The zero-order chi connectivity index (χ0) is 26.7. The van der Waals surface area contributed by atoms with Gasteiger partial charge in [0.1, 0.15) is 16.1 Å². The average Bonchev–Trinajstić information content (AvgIpc) is 3.39. The summed E-state index contributed by atoms with van der Waals surface area (Å²) in [5.74, 6) is 0.0447. The third kappa shape index (κ3) is 4.97. The Hall–Kier alpha value is -3.68. The molecule has 1 aliphatic rings. The van der Waals surface area contributed by atoms with Crippen LogP contribution in [0.3, 0.4) is 0 Å². The molecule has 0 N–H and O–H groups in total. The van der Waals surface area contributed by atoms with E-state index in [1.807, 2.05) is 4.90 Å². The van der Waals surface area contributed by atoms with Gasteiger partial charge in [0.05, 0.1) is 17.0 Å². The summed E-state index contributed by atoms with van der Waals surface area (Å²) in [6.07, 6.45) is -3.44. The van der Waals surface area contributed by atoms with Crippen LogP contribution in [0, 0.1) is 6.92 Å². The van der Waals surface area contributed by atoms with Gasteiger partial charge in [-0.2, -0.15) is 13.2 Å². The van der Waals surface area contributed by atoms with Gasteiger partial charge in [0.15, 0.2) is 10.9 Å². The number of fused-ring (bicyclic) bond motifs is 2. The Bertz CT molecular complexity index is 1560. The zero-order valence-corrected chi connectivity index (χ0v) is 21.2. The molecule has 5 heterocycles. The maximum Gasteiger partial charge on any atom is 0.418 e. The summed E-state index contributed by atoms with van der Waals surface area (Å²) in [6.45, 7) is 8.77. The van der Waals surface area contributed by atoms with Gasteiger partial charge in [-0.05, 0) is 26.8 Å². The van der Waals surface area contributed by atoms with Crippen LogP contribution in [-0.2, 0) is 10.9 Å². The number of oxazole rings is 1. The van der Waals surface area contributed by atoms with Gasteiger partial charge in [-0.15, -0.1) is 0 Å². The monoisotopic (exact) mass is 536 g/mol. The molecule has 0 aromatic carbocycles. The standard InChI is InChI=1S/C23H23F3N6O4S/c1-12-27-18-13(23(24,25)26)9-14(28-19(18)35-12)15-10-16(33)32-11-17(37-20(32)29-15)30-5-7-31(8-6-30)21(34)36-22(2,3)4/h9-11H,5-8H2,1-4H3. The predicted octanol–water partition coefficient (Wildman–Crippen LogP) is 4.34. The summed E-state index contributed by atoms with van der Waals surface area (Å²) in [5, 5.41) is 0.746. The van der Waals surface area contributed by atoms with Crippen LogP contribution in [0.2, 0.25) is 0 Å². The zero-order valence-electron chi connectivity index (χ0n) is 20.4. The molecular weight excluding hydrogens is 513 g/mol. The lowest BCUT2D eigenvalue weighted by atomic mass is 10.1. The highest BCUT2D eigenvalue weighted by Crippen LogP contribution is 2.36. The highest BCUT2D eigenvalue weighted by Gasteiger charge is 2.36. The minimum atomic E-state index is -4.70. The number of anilines is 1. The summed E-state index contributed by atoms with van der Waals surface area (Å²) >= 11 is 1.22. The second kappa shape index (κ2) is 8.71. The Morgan fingerprint density at radius 3 is 2.38 bits per heavy atom. The first-order chi connectivity index (χ1) is 17.3. The van der Waals surface area contributed by atoms with E-state index in [1.165, 1.54) is 22.7 Å². The number of pyridine rings is 1. The number of piperazine rings is 1. The van der Waals surface area contributed by atoms with Crippen molar-refractivity contribution in [3.05, 3.63) is 40.1 Å². The van der Waals surface area contributed by atoms with Gasteiger partial charge in [-0.1, -0.05) is 11.3 Å². The Kier molecular flexibility index (Phi) is 5.89. The molecule has 4 aromatic heterocycles. The number of hydrogen-bond donors (Lipinski definition) is 0. The van der Waals surface area contributed by atoms with Crippen molar-refractivity contribution in [3.63, 3.8) is 0 Å². The molecule has 1 saturated heterocycles. The van der Waals surface area contributed by atoms with E-state index in [4.69, 9.17) is 9.15 Å². The summed E-state index contributed by atoms with van der Waals surface area (Å²) in [5.41, 5.74) is -2.88. The number of aryl methyl sites for hydroxylation is 1. The summed E-state index contributed by atoms with van der Waals surface area (Å²) in [7, 11) is 0. The van der Waals surface area contributed by atoms with E-state index in [-0.39, 0.29) is 29.1 Å². The number of aromatic nitrogens is 4. The topological polar surface area (TPSA) is 106 Å². The summed E-state index contributed by atoms with van der Waals surface area (Å²) in [6, 6.07) is 1.97. The molecule has 0 bridgehead atoms. The molecule has 0 radical (unpaired) electrons. The lowest BCUT2D eigenvalue weighted by molar-refractivity contribution is -0.136. The van der Waals surface area contributed by atoms with Crippen LogP contribution in [0.1, 0.15) is 32.2 Å². The highest BCUT2D eigenvalue weighted by atomic mass is 32.1. The van der Waals surface area contributed by atoms with E-state index < -0.39 is 28.4 Å². The normalized spacial score (nSPS) is 15.1. The fourth-order valence-corrected chi connectivity index (χ4v) is 5.01. The van der Waals surface area contributed by atoms with E-state index in [9.17, 15) is 22.8 Å². The first-order valence-corrected chi connectivity index (χ1v) is 12.2. The largest absolute Gasteiger partial charge is 0.444 e. The summed E-state index contributed by atoms with van der Waals surface area (Å²) in [4.78, 5) is 41.5. The van der Waals surface area contributed by atoms with Crippen LogP contribution in [-0.4, -0.2) is 62.1 Å². The number of nitrogens with zero attached hydrogens (tertiary/aromatic N) is 6. The lowest BCUT2D eigenvalue weighted by Gasteiger charge is -2.35. The van der Waals surface area contributed by atoms with Crippen LogP contribution in [0.25, 0.3) is 27.6 Å². The van der Waals surface area contributed by atoms with Crippen molar-refractivity contribution in [2.45, 2.75) is 39.5 Å². The first-order valence-electron chi connectivity index (χ1n) is 11.4. The fraction of sp³-hybridized carbons (Fsp3) is 0.435. The van der Waals surface area contributed by atoms with Gasteiger partial charge in [0, 0.05) is 45.4 Å². The smallest absolute Gasteiger partial charge is 0.418 e. The molecule has 5 rings (SSSR count). The van der Waals surface area contributed by atoms with Crippen LogP contribution in [0.5, 0.6) is 0 Å². The molecule has 37 heavy (non-hydrogen) atoms. The van der Waals surface area contributed by atoms with Crippen molar-refractivity contribution in [3.8, 4) is 11.4 Å². The molecule has 196 valence electrons. The van der Waals surface area contributed by atoms with Crippen molar-refractivity contribution >= 4 is 38.6 Å². The number of carbonyl (C=O) groups excluding carboxylic acids is 1. The molecule has 4 aromatic rings. The Labute approximate surface area is 212 Å². The minimum Gasteiger partial charge on any atom is -0.444 e. The molecule has 0 aliphatic carbocycles. The quantitative estimate of drug-likeness (QED) is 0.373. The van der Waals surface area contributed by atoms with Crippen molar-refractivity contribution < 1.29 is 27.1 Å². The molecule has 10 nitrogen and oxygen atoms in total. The average molecular weight is 537 g/mol. The number of amides is 1. The van der Waals surface area contributed by atoms with Gasteiger partial charge in [-0.25, -0.2) is 19.7 Å². The van der Waals surface area contributed by atoms with Crippen molar-refractivity contribution in [1.82, 2.24) is 24.3 Å². The van der Waals surface area contributed by atoms with Crippen molar-refractivity contribution in [2.75, 3.05) is 31.1 Å². The molecular formula is C23H23F3N6O4S. The lowest BCUT2D eigenvalue weighted by Crippen LogP contribution is -2.50. The van der Waals surface area contributed by atoms with E-state index in [2.05, 4.69) is 15.0 Å². The number of thiazole rings is 1. The van der Waals surface area contributed by atoms with Gasteiger partial charge < -0.3 is 19.0 Å². The third-order valence-corrected chi connectivity index (χ3v) is 6.68. The van der Waals surface area contributed by atoms with Crippen LogP contribution >= 0.6 is 11.3 Å². The molecule has 0 spiro atoms. The maximum absolute atomic E-state index is 13.7. The van der Waals surface area contributed by atoms with Gasteiger partial charge >= 0.3 is 12.3 Å². The third-order valence-electron chi connectivity index (χ3n) is 5.64. The van der Waals surface area contributed by atoms with Gasteiger partial charge in [0.25, 0.3) is 5.56 Å². The number of carbonyl (C=O) groups is 1. The fourth-order valence-electron chi connectivity index (χ4n) is 3.97. The second-order valence-corrected chi connectivity index (χ2v) is 10.6. The van der Waals surface area contributed by atoms with Gasteiger partial charge in [-0.3, -0.25) is 9.20 Å². The number of ether oxygens (including phenoxy) is 1. The van der Waals surface area contributed by atoms with Crippen molar-refractivity contribution in [2.24, 2.45) is 0 Å². The molecule has 0 unspecified atom stereocenters. The molecule has 1 aliphatic heterocycles.